The molecule has 0 aliphatic rings. The van der Waals surface area contributed by atoms with Crippen LogP contribution in [0.4, 0.5) is 5.69 Å². The second-order valence-electron chi connectivity index (χ2n) is 4.79. The Labute approximate surface area is 116 Å². The van der Waals surface area contributed by atoms with Crippen LogP contribution in [-0.2, 0) is 0 Å². The Bertz CT molecular complexity index is 349. The van der Waals surface area contributed by atoms with E-state index in [1.807, 2.05) is 30.3 Å². The molecule has 18 heavy (non-hydrogen) atoms. The fourth-order valence-corrected chi connectivity index (χ4v) is 2.26. The summed E-state index contributed by atoms with van der Waals surface area (Å²) < 4.78 is 0. The lowest BCUT2D eigenvalue weighted by Crippen LogP contribution is -2.40. The molecule has 0 unspecified atom stereocenters. The molecule has 0 heterocycles. The lowest BCUT2D eigenvalue weighted by molar-refractivity contribution is 0.345. The molecule has 0 saturated heterocycles. The highest BCUT2D eigenvalue weighted by Crippen LogP contribution is 2.10. The van der Waals surface area contributed by atoms with E-state index in [1.165, 1.54) is 19.3 Å². The zero-order valence-electron chi connectivity index (χ0n) is 11.6. The predicted molar refractivity (Wildman–Crippen MR) is 84.0 cm³/mol. The molecule has 0 aromatic heterocycles. The molecule has 0 spiro atoms. The van der Waals surface area contributed by atoms with Gasteiger partial charge in [-0.3, -0.25) is 0 Å². The topological polar surface area (TPSA) is 15.3 Å². The van der Waals surface area contributed by atoms with Crippen LogP contribution in [0, 0.1) is 0 Å². The smallest absolute Gasteiger partial charge is 0.173 e. The van der Waals surface area contributed by atoms with Crippen LogP contribution >= 0.6 is 12.2 Å². The molecule has 1 aromatic carbocycles. The van der Waals surface area contributed by atoms with Crippen LogP contribution in [0.5, 0.6) is 0 Å². The summed E-state index contributed by atoms with van der Waals surface area (Å²) >= 11 is 5.50. The van der Waals surface area contributed by atoms with Gasteiger partial charge in [-0.1, -0.05) is 38.0 Å². The van der Waals surface area contributed by atoms with Gasteiger partial charge in [0.1, 0.15) is 0 Å². The van der Waals surface area contributed by atoms with Gasteiger partial charge in [0.05, 0.1) is 0 Å². The molecule has 0 aliphatic carbocycles. The van der Waals surface area contributed by atoms with Crippen molar-refractivity contribution >= 4 is 23.0 Å². The van der Waals surface area contributed by atoms with Crippen molar-refractivity contribution in [3.05, 3.63) is 30.3 Å². The first-order valence-corrected chi connectivity index (χ1v) is 7.18. The second kappa shape index (κ2) is 8.09. The summed E-state index contributed by atoms with van der Waals surface area (Å²) in [4.78, 5) is 2.26. The summed E-state index contributed by atoms with van der Waals surface area (Å²) in [6.45, 7) is 7.63. The Morgan fingerprint density at radius 3 is 2.44 bits per heavy atom. The molecule has 0 saturated carbocycles. The Kier molecular flexibility index (Phi) is 6.73. The molecule has 0 aliphatic heterocycles. The molecule has 0 atom stereocenters. The fourth-order valence-electron chi connectivity index (χ4n) is 1.84. The van der Waals surface area contributed by atoms with Gasteiger partial charge in [-0.25, -0.2) is 0 Å². The summed E-state index contributed by atoms with van der Waals surface area (Å²) in [6, 6.07) is 10.6. The van der Waals surface area contributed by atoms with E-state index in [9.17, 15) is 0 Å². The van der Waals surface area contributed by atoms with Crippen LogP contribution < -0.4 is 5.32 Å². The average molecular weight is 264 g/mol. The van der Waals surface area contributed by atoms with Gasteiger partial charge in [0, 0.05) is 18.3 Å². The maximum atomic E-state index is 5.50. The van der Waals surface area contributed by atoms with Gasteiger partial charge in [-0.05, 0) is 44.6 Å². The zero-order chi connectivity index (χ0) is 13.4. The highest BCUT2D eigenvalue weighted by molar-refractivity contribution is 7.80. The van der Waals surface area contributed by atoms with Crippen LogP contribution in [0.15, 0.2) is 30.3 Å². The normalized spacial score (nSPS) is 10.4. The first-order chi connectivity index (χ1) is 8.65. The molecule has 2 nitrogen and oxygen atoms in total. The van der Waals surface area contributed by atoms with E-state index in [-0.39, 0.29) is 0 Å². The molecular formula is C15H24N2S. The maximum Gasteiger partial charge on any atom is 0.173 e. The minimum Gasteiger partial charge on any atom is -0.347 e. The second-order valence-corrected chi connectivity index (χ2v) is 5.18. The van der Waals surface area contributed by atoms with Gasteiger partial charge >= 0.3 is 0 Å². The molecule has 100 valence electrons. The molecule has 0 radical (unpaired) electrons. The van der Waals surface area contributed by atoms with Crippen LogP contribution in [0.25, 0.3) is 0 Å². The number of benzene rings is 1. The molecule has 0 fully saturated rings. The van der Waals surface area contributed by atoms with Crippen LogP contribution in [0.3, 0.4) is 0 Å². The van der Waals surface area contributed by atoms with E-state index < -0.39 is 0 Å². The summed E-state index contributed by atoms with van der Waals surface area (Å²) in [7, 11) is 0. The van der Waals surface area contributed by atoms with Crippen molar-refractivity contribution < 1.29 is 0 Å². The van der Waals surface area contributed by atoms with Gasteiger partial charge in [-0.2, -0.15) is 0 Å². The maximum absolute atomic E-state index is 5.50. The third kappa shape index (κ3) is 5.05. The van der Waals surface area contributed by atoms with Gasteiger partial charge < -0.3 is 10.2 Å². The lowest BCUT2D eigenvalue weighted by atomic mass is 10.2. The summed E-state index contributed by atoms with van der Waals surface area (Å²) in [5, 5.41) is 4.13. The predicted octanol–water partition coefficient (Wildman–Crippen LogP) is 4.28. The van der Waals surface area contributed by atoms with E-state index in [1.54, 1.807) is 0 Å². The monoisotopic (exact) mass is 264 g/mol. The summed E-state index contributed by atoms with van der Waals surface area (Å²) in [5.74, 6) is 0. The van der Waals surface area contributed by atoms with Gasteiger partial charge in [-0.15, -0.1) is 0 Å². The van der Waals surface area contributed by atoms with Crippen LogP contribution in [-0.4, -0.2) is 22.6 Å². The minimum atomic E-state index is 0.436. The first kappa shape index (κ1) is 15.0. The van der Waals surface area contributed by atoms with Crippen molar-refractivity contribution in [3.63, 3.8) is 0 Å². The Balaban J connectivity index is 2.54. The van der Waals surface area contributed by atoms with Crippen molar-refractivity contribution in [2.45, 2.75) is 46.1 Å². The van der Waals surface area contributed by atoms with Crippen LogP contribution in [0.1, 0.15) is 40.0 Å². The Morgan fingerprint density at radius 2 is 1.89 bits per heavy atom. The SMILES string of the molecule is CCCCCN(C(=S)Nc1ccccc1)C(C)C. The zero-order valence-corrected chi connectivity index (χ0v) is 12.5. The van der Waals surface area contributed by atoms with E-state index in [4.69, 9.17) is 12.2 Å². The average Bonchev–Trinajstić information content (AvgIpc) is 2.35. The largest absolute Gasteiger partial charge is 0.347 e. The molecule has 0 bridgehead atoms. The van der Waals surface area contributed by atoms with E-state index >= 15 is 0 Å². The molecule has 0 amide bonds. The molecule has 1 aromatic rings. The molecular weight excluding hydrogens is 240 g/mol. The third-order valence-electron chi connectivity index (χ3n) is 2.91. The van der Waals surface area contributed by atoms with Crippen LogP contribution in [0.2, 0.25) is 0 Å². The van der Waals surface area contributed by atoms with E-state index in [0.717, 1.165) is 17.3 Å². The number of anilines is 1. The highest BCUT2D eigenvalue weighted by Gasteiger charge is 2.12. The number of hydrogen-bond acceptors (Lipinski definition) is 1. The van der Waals surface area contributed by atoms with Gasteiger partial charge in [0.25, 0.3) is 0 Å². The number of nitrogens with zero attached hydrogens (tertiary/aromatic N) is 1. The van der Waals surface area contributed by atoms with Crippen molar-refractivity contribution in [1.29, 1.82) is 0 Å². The van der Waals surface area contributed by atoms with Crippen molar-refractivity contribution in [3.8, 4) is 0 Å². The highest BCUT2D eigenvalue weighted by atomic mass is 32.1. The van der Waals surface area contributed by atoms with Gasteiger partial charge in [0.15, 0.2) is 5.11 Å². The van der Waals surface area contributed by atoms with Crippen molar-refractivity contribution in [2.24, 2.45) is 0 Å². The van der Waals surface area contributed by atoms with Gasteiger partial charge in [0.2, 0.25) is 0 Å². The van der Waals surface area contributed by atoms with Crippen molar-refractivity contribution in [2.75, 3.05) is 11.9 Å². The number of unbranched alkanes of at least 4 members (excludes halogenated alkanes) is 2. The summed E-state index contributed by atoms with van der Waals surface area (Å²) in [5.41, 5.74) is 1.06. The molecule has 1 N–H and O–H groups in total. The van der Waals surface area contributed by atoms with E-state index in [0.29, 0.717) is 6.04 Å². The molecule has 3 heteroatoms. The Hall–Kier alpha value is -1.09. The standard InChI is InChI=1S/C15H24N2S/c1-4-5-9-12-17(13(2)3)15(18)16-14-10-7-6-8-11-14/h6-8,10-11,13H,4-5,9,12H2,1-3H3,(H,16,18). The third-order valence-corrected chi connectivity index (χ3v) is 3.25. The minimum absolute atomic E-state index is 0.436. The number of hydrogen-bond donors (Lipinski definition) is 1. The van der Waals surface area contributed by atoms with E-state index in [2.05, 4.69) is 31.0 Å². The summed E-state index contributed by atoms with van der Waals surface area (Å²) in [6.07, 6.45) is 3.70. The fraction of sp³-hybridized carbons (Fsp3) is 0.533. The first-order valence-electron chi connectivity index (χ1n) is 6.77. The van der Waals surface area contributed by atoms with Crippen molar-refractivity contribution in [1.82, 2.24) is 4.90 Å². The number of nitrogens with one attached hydrogen (secondary N) is 1. The Morgan fingerprint density at radius 1 is 1.22 bits per heavy atom. The lowest BCUT2D eigenvalue weighted by Gasteiger charge is -2.29. The molecule has 1 rings (SSSR count). The number of para-hydroxylation sites is 1. The number of thiocarbonyl (C=S) groups is 1. The quantitative estimate of drug-likeness (QED) is 0.609. The number of rotatable bonds is 6.